The molecule has 1 heterocycles. The monoisotopic (exact) mass is 293 g/mol. The largest absolute Gasteiger partial charge is 0.497 e. The van der Waals surface area contributed by atoms with Crippen molar-refractivity contribution in [2.75, 3.05) is 12.8 Å². The van der Waals surface area contributed by atoms with E-state index in [0.29, 0.717) is 0 Å². The summed E-state index contributed by atoms with van der Waals surface area (Å²) in [7, 11) is 1.69. The van der Waals surface area contributed by atoms with E-state index >= 15 is 0 Å². The van der Waals surface area contributed by atoms with Crippen LogP contribution in [0.3, 0.4) is 0 Å². The van der Waals surface area contributed by atoms with Gasteiger partial charge in [0.15, 0.2) is 0 Å². The first kappa shape index (κ1) is 14.2. The molecule has 0 spiro atoms. The summed E-state index contributed by atoms with van der Waals surface area (Å²) in [6, 6.07) is 16.1. The molecular formula is C18H19N3O. The van der Waals surface area contributed by atoms with E-state index in [1.807, 2.05) is 41.2 Å². The third kappa shape index (κ3) is 3.11. The Morgan fingerprint density at radius 2 is 2.00 bits per heavy atom. The van der Waals surface area contributed by atoms with Gasteiger partial charge in [0, 0.05) is 18.1 Å². The van der Waals surface area contributed by atoms with Crippen molar-refractivity contribution in [1.82, 2.24) is 9.78 Å². The number of ether oxygens (including phenoxy) is 1. The van der Waals surface area contributed by atoms with Crippen LogP contribution in [0.15, 0.2) is 60.9 Å². The number of hydrogen-bond acceptors (Lipinski definition) is 3. The summed E-state index contributed by atoms with van der Waals surface area (Å²) in [6.07, 6.45) is 5.50. The Balaban J connectivity index is 1.72. The van der Waals surface area contributed by atoms with Crippen LogP contribution >= 0.6 is 0 Å². The zero-order valence-electron chi connectivity index (χ0n) is 12.6. The van der Waals surface area contributed by atoms with Gasteiger partial charge in [-0.15, -0.1) is 0 Å². The average Bonchev–Trinajstić information content (AvgIpc) is 3.08. The van der Waals surface area contributed by atoms with Crippen LogP contribution in [0.4, 0.5) is 5.69 Å². The lowest BCUT2D eigenvalue weighted by atomic mass is 10.0. The number of benzene rings is 2. The molecule has 0 fully saturated rings. The molecule has 0 aliphatic heterocycles. The van der Waals surface area contributed by atoms with E-state index in [4.69, 9.17) is 10.5 Å². The molecule has 4 nitrogen and oxygen atoms in total. The highest BCUT2D eigenvalue weighted by Gasteiger charge is 2.04. The van der Waals surface area contributed by atoms with Gasteiger partial charge in [-0.25, -0.2) is 4.68 Å². The van der Waals surface area contributed by atoms with Gasteiger partial charge in [-0.2, -0.15) is 5.10 Å². The van der Waals surface area contributed by atoms with Gasteiger partial charge < -0.3 is 10.5 Å². The van der Waals surface area contributed by atoms with Gasteiger partial charge in [0.05, 0.1) is 12.8 Å². The van der Waals surface area contributed by atoms with Crippen LogP contribution in [0, 0.1) is 0 Å². The topological polar surface area (TPSA) is 53.1 Å². The summed E-state index contributed by atoms with van der Waals surface area (Å²) < 4.78 is 7.06. The van der Waals surface area contributed by atoms with E-state index in [1.54, 1.807) is 13.3 Å². The Morgan fingerprint density at radius 1 is 1.09 bits per heavy atom. The molecule has 112 valence electrons. The summed E-state index contributed by atoms with van der Waals surface area (Å²) in [5.41, 5.74) is 10.4. The molecule has 0 bridgehead atoms. The van der Waals surface area contributed by atoms with E-state index in [-0.39, 0.29) is 0 Å². The molecular weight excluding hydrogens is 274 g/mol. The first-order valence-corrected chi connectivity index (χ1v) is 7.27. The maximum atomic E-state index is 6.18. The highest BCUT2D eigenvalue weighted by Crippen LogP contribution is 2.20. The summed E-state index contributed by atoms with van der Waals surface area (Å²) in [5, 5.41) is 4.22. The molecule has 0 amide bonds. The lowest BCUT2D eigenvalue weighted by Gasteiger charge is -2.09. The van der Waals surface area contributed by atoms with Crippen LogP contribution in [-0.2, 0) is 12.8 Å². The summed E-state index contributed by atoms with van der Waals surface area (Å²) in [5.74, 6) is 0.888. The van der Waals surface area contributed by atoms with Crippen molar-refractivity contribution < 1.29 is 4.74 Å². The molecule has 0 radical (unpaired) electrons. The molecule has 22 heavy (non-hydrogen) atoms. The lowest BCUT2D eigenvalue weighted by molar-refractivity contribution is 0.414. The van der Waals surface area contributed by atoms with Crippen molar-refractivity contribution >= 4 is 5.69 Å². The number of rotatable bonds is 5. The van der Waals surface area contributed by atoms with Gasteiger partial charge >= 0.3 is 0 Å². The Labute approximate surface area is 130 Å². The number of nitrogens with zero attached hydrogens (tertiary/aromatic N) is 2. The van der Waals surface area contributed by atoms with Crippen LogP contribution in [0.2, 0.25) is 0 Å². The van der Waals surface area contributed by atoms with E-state index in [0.717, 1.165) is 35.5 Å². The second kappa shape index (κ2) is 6.35. The van der Waals surface area contributed by atoms with Crippen molar-refractivity contribution in [3.05, 3.63) is 72.1 Å². The van der Waals surface area contributed by atoms with Gasteiger partial charge in [-0.3, -0.25) is 0 Å². The Bertz CT molecular complexity index is 751. The summed E-state index contributed by atoms with van der Waals surface area (Å²) in [4.78, 5) is 0. The van der Waals surface area contributed by atoms with Crippen LogP contribution in [0.1, 0.15) is 11.1 Å². The second-order valence-corrected chi connectivity index (χ2v) is 5.19. The average molecular weight is 293 g/mol. The first-order chi connectivity index (χ1) is 10.8. The van der Waals surface area contributed by atoms with E-state index in [2.05, 4.69) is 23.3 Å². The maximum Gasteiger partial charge on any atom is 0.119 e. The van der Waals surface area contributed by atoms with E-state index in [9.17, 15) is 0 Å². The van der Waals surface area contributed by atoms with Crippen molar-refractivity contribution in [2.45, 2.75) is 12.8 Å². The van der Waals surface area contributed by atoms with Crippen molar-refractivity contribution in [1.29, 1.82) is 0 Å². The fraction of sp³-hybridized carbons (Fsp3) is 0.167. The number of methoxy groups -OCH3 is 1. The van der Waals surface area contributed by atoms with Crippen LogP contribution in [0.25, 0.3) is 5.69 Å². The van der Waals surface area contributed by atoms with Crippen molar-refractivity contribution in [3.8, 4) is 11.4 Å². The smallest absolute Gasteiger partial charge is 0.119 e. The van der Waals surface area contributed by atoms with Gasteiger partial charge in [-0.1, -0.05) is 18.2 Å². The third-order valence-electron chi connectivity index (χ3n) is 3.72. The fourth-order valence-corrected chi connectivity index (χ4v) is 2.48. The standard InChI is InChI=1S/C18H19N3O/c1-22-17-5-2-4-14(12-17)6-7-15-8-9-16(13-18(15)19)21-11-3-10-20-21/h2-5,8-13H,6-7,19H2,1H3. The fourth-order valence-electron chi connectivity index (χ4n) is 2.48. The minimum Gasteiger partial charge on any atom is -0.497 e. The van der Waals surface area contributed by atoms with E-state index in [1.165, 1.54) is 5.56 Å². The molecule has 0 atom stereocenters. The molecule has 0 saturated heterocycles. The Morgan fingerprint density at radius 3 is 2.73 bits per heavy atom. The first-order valence-electron chi connectivity index (χ1n) is 7.27. The summed E-state index contributed by atoms with van der Waals surface area (Å²) >= 11 is 0. The number of nitrogens with two attached hydrogens (primary N) is 1. The van der Waals surface area contributed by atoms with E-state index < -0.39 is 0 Å². The normalized spacial score (nSPS) is 10.6. The number of hydrogen-bond donors (Lipinski definition) is 1. The minimum atomic E-state index is 0.802. The molecule has 4 heteroatoms. The molecule has 3 rings (SSSR count). The van der Waals surface area contributed by atoms with Gasteiger partial charge in [0.25, 0.3) is 0 Å². The SMILES string of the molecule is COc1cccc(CCc2ccc(-n3cccn3)cc2N)c1. The number of nitrogen functional groups attached to an aromatic ring is 1. The van der Waals surface area contributed by atoms with Crippen molar-refractivity contribution in [2.24, 2.45) is 0 Å². The maximum absolute atomic E-state index is 6.18. The molecule has 0 saturated carbocycles. The van der Waals surface area contributed by atoms with Crippen LogP contribution in [0.5, 0.6) is 5.75 Å². The molecule has 0 aliphatic carbocycles. The number of aromatic nitrogens is 2. The van der Waals surface area contributed by atoms with Crippen LogP contribution < -0.4 is 10.5 Å². The zero-order valence-corrected chi connectivity index (χ0v) is 12.6. The van der Waals surface area contributed by atoms with Gasteiger partial charge in [0.1, 0.15) is 5.75 Å². The Kier molecular flexibility index (Phi) is 4.10. The number of aryl methyl sites for hydroxylation is 2. The minimum absolute atomic E-state index is 0.802. The highest BCUT2D eigenvalue weighted by atomic mass is 16.5. The van der Waals surface area contributed by atoms with Crippen molar-refractivity contribution in [3.63, 3.8) is 0 Å². The summed E-state index contributed by atoms with van der Waals surface area (Å²) in [6.45, 7) is 0. The molecule has 2 aromatic carbocycles. The second-order valence-electron chi connectivity index (χ2n) is 5.19. The zero-order chi connectivity index (χ0) is 15.4. The highest BCUT2D eigenvalue weighted by molar-refractivity contribution is 5.54. The lowest BCUT2D eigenvalue weighted by Crippen LogP contribution is -2.01. The Hall–Kier alpha value is -2.75. The molecule has 3 aromatic rings. The quantitative estimate of drug-likeness (QED) is 0.735. The van der Waals surface area contributed by atoms with Crippen LogP contribution in [-0.4, -0.2) is 16.9 Å². The third-order valence-corrected chi connectivity index (χ3v) is 3.72. The molecule has 2 N–H and O–H groups in total. The predicted octanol–water partition coefficient (Wildman–Crippen LogP) is 3.25. The molecule has 0 unspecified atom stereocenters. The van der Waals surface area contributed by atoms with Gasteiger partial charge in [-0.05, 0) is 54.3 Å². The molecule has 0 aliphatic rings. The predicted molar refractivity (Wildman–Crippen MR) is 88.4 cm³/mol. The molecule has 1 aromatic heterocycles. The number of anilines is 1. The van der Waals surface area contributed by atoms with Gasteiger partial charge in [0.2, 0.25) is 0 Å².